The summed E-state index contributed by atoms with van der Waals surface area (Å²) in [6.07, 6.45) is 5.34. The highest BCUT2D eigenvalue weighted by Crippen LogP contribution is 2.36. The Morgan fingerprint density at radius 2 is 1.88 bits per heavy atom. The van der Waals surface area contributed by atoms with E-state index in [-0.39, 0.29) is 5.92 Å². The second-order valence-electron chi connectivity index (χ2n) is 10.3. The van der Waals surface area contributed by atoms with E-state index in [1.165, 1.54) is 29.3 Å². The molecule has 3 heterocycles. The summed E-state index contributed by atoms with van der Waals surface area (Å²) in [5, 5.41) is 38.5. The van der Waals surface area contributed by atoms with Gasteiger partial charge in [0.25, 0.3) is 0 Å². The van der Waals surface area contributed by atoms with Crippen molar-refractivity contribution in [1.29, 1.82) is 0 Å². The zero-order valence-corrected chi connectivity index (χ0v) is 23.1. The van der Waals surface area contributed by atoms with Crippen molar-refractivity contribution < 1.29 is 19.0 Å². The number of tetrazole rings is 1. The van der Waals surface area contributed by atoms with Crippen molar-refractivity contribution in [3.05, 3.63) is 113 Å². The van der Waals surface area contributed by atoms with E-state index in [0.717, 1.165) is 15.9 Å². The lowest BCUT2D eigenvalue weighted by molar-refractivity contribution is -0.614. The number of nitrogens with one attached hydrogen (secondary N) is 1. The Morgan fingerprint density at radius 1 is 1.02 bits per heavy atom. The number of aliphatic carboxylic acids is 1. The highest BCUT2D eigenvalue weighted by molar-refractivity contribution is 6.31. The number of benzene rings is 3. The van der Waals surface area contributed by atoms with Crippen molar-refractivity contribution in [3.8, 4) is 27.9 Å². The van der Waals surface area contributed by atoms with E-state index < -0.39 is 17.8 Å². The third-order valence-electron chi connectivity index (χ3n) is 7.61. The number of carbonyl (C=O) groups is 1. The topological polar surface area (TPSA) is 120 Å². The second kappa shape index (κ2) is 11.6. The van der Waals surface area contributed by atoms with Crippen LogP contribution in [0, 0.1) is 11.0 Å². The SMILES string of the molecule is O=C(O)C1CCCCC(c2ccc(-c3cc(Cl)ccc3-n3cnnn3)c[n+]2[O-])c2cccc(c2)-c2cc(F)ccc2N1. The standard InChI is InChI=1S/C31H26ClFN6O3/c32-22-9-13-29(38-18-34-36-37-38)26(15-22)21-8-12-30(39(42)17-21)24-6-1-2-7-28(31(40)41)35-27-11-10-23(33)16-25(27)20-5-3-4-19(24)14-20/h3-5,8-18,24,28,35H,1-2,6-7H2,(H,40,41). The molecule has 1 aliphatic rings. The Labute approximate surface area is 245 Å². The van der Waals surface area contributed by atoms with E-state index in [1.54, 1.807) is 24.3 Å². The lowest BCUT2D eigenvalue weighted by atomic mass is 9.86. The first-order chi connectivity index (χ1) is 20.4. The van der Waals surface area contributed by atoms with Gasteiger partial charge in [0.1, 0.15) is 18.2 Å². The number of hydrogen-bond donors (Lipinski definition) is 2. The maximum absolute atomic E-state index is 14.4. The van der Waals surface area contributed by atoms with Gasteiger partial charge in [0.2, 0.25) is 0 Å². The number of hydrogen-bond acceptors (Lipinski definition) is 6. The number of halogens is 2. The van der Waals surface area contributed by atoms with Crippen LogP contribution in [-0.4, -0.2) is 37.3 Å². The molecule has 0 saturated heterocycles. The molecule has 6 rings (SSSR count). The van der Waals surface area contributed by atoms with Crippen LogP contribution in [0.15, 0.2) is 85.3 Å². The Bertz CT molecular complexity index is 1760. The molecule has 0 aliphatic carbocycles. The molecule has 1 aliphatic heterocycles. The third kappa shape index (κ3) is 5.53. The molecule has 2 atom stereocenters. The fourth-order valence-electron chi connectivity index (χ4n) is 5.56. The van der Waals surface area contributed by atoms with E-state index in [4.69, 9.17) is 11.6 Å². The fraction of sp³-hybridized carbons (Fsp3) is 0.194. The van der Waals surface area contributed by atoms with Gasteiger partial charge < -0.3 is 15.6 Å². The van der Waals surface area contributed by atoms with Crippen molar-refractivity contribution in [2.45, 2.75) is 37.6 Å². The van der Waals surface area contributed by atoms with Gasteiger partial charge in [-0.1, -0.05) is 48.7 Å². The smallest absolute Gasteiger partial charge is 0.326 e. The van der Waals surface area contributed by atoms with E-state index >= 15 is 0 Å². The molecular formula is C31H26ClFN6O3. The van der Waals surface area contributed by atoms with Crippen LogP contribution in [-0.2, 0) is 4.79 Å². The van der Waals surface area contributed by atoms with Crippen LogP contribution < -0.4 is 10.0 Å². The molecule has 212 valence electrons. The van der Waals surface area contributed by atoms with Gasteiger partial charge >= 0.3 is 5.97 Å². The molecule has 3 aromatic carbocycles. The first-order valence-electron chi connectivity index (χ1n) is 13.5. The van der Waals surface area contributed by atoms with Crippen LogP contribution in [0.2, 0.25) is 5.02 Å². The Balaban J connectivity index is 1.42. The van der Waals surface area contributed by atoms with E-state index in [2.05, 4.69) is 20.8 Å². The molecule has 0 amide bonds. The summed E-state index contributed by atoms with van der Waals surface area (Å²) in [5.74, 6) is -1.67. The highest BCUT2D eigenvalue weighted by atomic mass is 35.5. The van der Waals surface area contributed by atoms with Crippen molar-refractivity contribution in [1.82, 2.24) is 20.2 Å². The number of anilines is 1. The lowest BCUT2D eigenvalue weighted by Gasteiger charge is -2.22. The first-order valence-corrected chi connectivity index (χ1v) is 13.9. The van der Waals surface area contributed by atoms with Gasteiger partial charge in [0.05, 0.1) is 11.6 Å². The summed E-state index contributed by atoms with van der Waals surface area (Å²) in [6.45, 7) is 0. The normalized spacial score (nSPS) is 16.9. The first kappa shape index (κ1) is 27.3. The van der Waals surface area contributed by atoms with Crippen LogP contribution >= 0.6 is 11.6 Å². The van der Waals surface area contributed by atoms with Crippen LogP contribution in [0.25, 0.3) is 27.9 Å². The fourth-order valence-corrected chi connectivity index (χ4v) is 5.74. The summed E-state index contributed by atoms with van der Waals surface area (Å²) < 4.78 is 16.8. The Hall–Kier alpha value is -4.83. The van der Waals surface area contributed by atoms with Crippen LogP contribution in [0.1, 0.15) is 42.9 Å². The Morgan fingerprint density at radius 3 is 2.67 bits per heavy atom. The molecule has 11 heteroatoms. The number of carboxylic acids is 1. The number of rotatable bonds is 4. The molecule has 42 heavy (non-hydrogen) atoms. The summed E-state index contributed by atoms with van der Waals surface area (Å²) in [6, 6.07) is 20.1. The third-order valence-corrected chi connectivity index (χ3v) is 7.85. The molecule has 0 radical (unpaired) electrons. The van der Waals surface area contributed by atoms with Gasteiger partial charge in [-0.15, -0.1) is 5.10 Å². The molecule has 0 spiro atoms. The van der Waals surface area contributed by atoms with Gasteiger partial charge in [0, 0.05) is 33.5 Å². The minimum atomic E-state index is -0.970. The minimum Gasteiger partial charge on any atom is -0.618 e. The predicted molar refractivity (Wildman–Crippen MR) is 156 cm³/mol. The van der Waals surface area contributed by atoms with Crippen molar-refractivity contribution >= 4 is 23.3 Å². The van der Waals surface area contributed by atoms with Gasteiger partial charge in [-0.2, -0.15) is 9.41 Å². The maximum Gasteiger partial charge on any atom is 0.326 e. The maximum atomic E-state index is 14.4. The van der Waals surface area contributed by atoms with Crippen LogP contribution in [0.3, 0.4) is 0 Å². The van der Waals surface area contributed by atoms with Crippen molar-refractivity contribution in [2.24, 2.45) is 0 Å². The number of pyridine rings is 1. The average molecular weight is 585 g/mol. The largest absolute Gasteiger partial charge is 0.618 e. The summed E-state index contributed by atoms with van der Waals surface area (Å²) >= 11 is 6.31. The van der Waals surface area contributed by atoms with Gasteiger partial charge in [0.15, 0.2) is 11.9 Å². The van der Waals surface area contributed by atoms with Gasteiger partial charge in [-0.25, -0.2) is 9.18 Å². The molecule has 2 N–H and O–H groups in total. The molecule has 2 aromatic heterocycles. The van der Waals surface area contributed by atoms with Crippen molar-refractivity contribution in [3.63, 3.8) is 0 Å². The van der Waals surface area contributed by atoms with E-state index in [0.29, 0.717) is 64.5 Å². The summed E-state index contributed by atoms with van der Waals surface area (Å²) in [5.41, 5.74) is 5.29. The molecular weight excluding hydrogens is 559 g/mol. The quantitative estimate of drug-likeness (QED) is 0.196. The number of fused-ring (bicyclic) bond motifs is 4. The average Bonchev–Trinajstić information content (AvgIpc) is 3.52. The second-order valence-corrected chi connectivity index (χ2v) is 10.7. The van der Waals surface area contributed by atoms with Crippen LogP contribution in [0.5, 0.6) is 0 Å². The number of carboxylic acid groups (broad SMARTS) is 1. The lowest BCUT2D eigenvalue weighted by Crippen LogP contribution is -2.34. The van der Waals surface area contributed by atoms with Crippen molar-refractivity contribution in [2.75, 3.05) is 5.32 Å². The molecule has 2 bridgehead atoms. The zero-order chi connectivity index (χ0) is 29.2. The zero-order valence-electron chi connectivity index (χ0n) is 22.3. The van der Waals surface area contributed by atoms with E-state index in [1.807, 2.05) is 36.4 Å². The molecule has 5 aromatic rings. The van der Waals surface area contributed by atoms with Gasteiger partial charge in [-0.3, -0.25) is 0 Å². The summed E-state index contributed by atoms with van der Waals surface area (Å²) in [4.78, 5) is 12.0. The van der Waals surface area contributed by atoms with Gasteiger partial charge in [-0.05, 0) is 76.9 Å². The van der Waals surface area contributed by atoms with Crippen LogP contribution in [0.4, 0.5) is 10.1 Å². The highest BCUT2D eigenvalue weighted by Gasteiger charge is 2.26. The number of aromatic nitrogens is 5. The Kier molecular flexibility index (Phi) is 7.54. The molecule has 9 nitrogen and oxygen atoms in total. The summed E-state index contributed by atoms with van der Waals surface area (Å²) in [7, 11) is 0. The predicted octanol–water partition coefficient (Wildman–Crippen LogP) is 5.99. The molecule has 0 saturated carbocycles. The molecule has 2 unspecified atom stereocenters. The molecule has 0 fully saturated rings. The minimum absolute atomic E-state index is 0.275. The van der Waals surface area contributed by atoms with E-state index in [9.17, 15) is 19.5 Å². The monoisotopic (exact) mass is 584 g/mol. The number of nitrogens with zero attached hydrogens (tertiary/aromatic N) is 5.